The molecule has 1 fully saturated rings. The summed E-state index contributed by atoms with van der Waals surface area (Å²) >= 11 is 5.08. The Balaban J connectivity index is 2.35. The van der Waals surface area contributed by atoms with E-state index in [1.807, 2.05) is 13.0 Å². The third kappa shape index (κ3) is 1.38. The minimum atomic E-state index is -4.26. The SMILES string of the molecule is Cc1cccc2c1[nH]c(=S)n2C1(C(F)(F)F)CC1. The molecule has 18 heavy (non-hydrogen) atoms. The highest BCUT2D eigenvalue weighted by Gasteiger charge is 2.65. The highest BCUT2D eigenvalue weighted by atomic mass is 32.1. The van der Waals surface area contributed by atoms with Gasteiger partial charge in [0.25, 0.3) is 0 Å². The van der Waals surface area contributed by atoms with Crippen molar-refractivity contribution in [2.45, 2.75) is 31.5 Å². The summed E-state index contributed by atoms with van der Waals surface area (Å²) in [6.07, 6.45) is -4.05. The summed E-state index contributed by atoms with van der Waals surface area (Å²) in [4.78, 5) is 2.89. The molecule has 1 saturated carbocycles. The van der Waals surface area contributed by atoms with E-state index < -0.39 is 11.7 Å². The molecule has 0 spiro atoms. The first-order chi connectivity index (χ1) is 8.37. The largest absolute Gasteiger partial charge is 0.412 e. The van der Waals surface area contributed by atoms with Crippen molar-refractivity contribution in [2.75, 3.05) is 0 Å². The lowest BCUT2D eigenvalue weighted by molar-refractivity contribution is -0.179. The molecule has 0 radical (unpaired) electrons. The van der Waals surface area contributed by atoms with Gasteiger partial charge in [0.15, 0.2) is 4.77 Å². The van der Waals surface area contributed by atoms with Crippen molar-refractivity contribution in [1.82, 2.24) is 9.55 Å². The van der Waals surface area contributed by atoms with Gasteiger partial charge in [-0.2, -0.15) is 13.2 Å². The van der Waals surface area contributed by atoms with Crippen LogP contribution in [0.1, 0.15) is 18.4 Å². The Kier molecular flexibility index (Phi) is 2.21. The van der Waals surface area contributed by atoms with Crippen molar-refractivity contribution < 1.29 is 13.2 Å². The predicted molar refractivity (Wildman–Crippen MR) is 65.1 cm³/mol. The maximum atomic E-state index is 13.2. The summed E-state index contributed by atoms with van der Waals surface area (Å²) in [6, 6.07) is 5.29. The summed E-state index contributed by atoms with van der Waals surface area (Å²) in [5, 5.41) is 0. The monoisotopic (exact) mass is 272 g/mol. The van der Waals surface area contributed by atoms with E-state index in [2.05, 4.69) is 4.98 Å². The molecule has 0 atom stereocenters. The number of nitrogens with zero attached hydrogens (tertiary/aromatic N) is 1. The van der Waals surface area contributed by atoms with Gasteiger partial charge in [-0.25, -0.2) is 0 Å². The number of H-pyrrole nitrogens is 1. The number of halogens is 3. The number of nitrogens with one attached hydrogen (secondary N) is 1. The highest BCUT2D eigenvalue weighted by molar-refractivity contribution is 7.71. The quantitative estimate of drug-likeness (QED) is 0.776. The van der Waals surface area contributed by atoms with Crippen molar-refractivity contribution in [2.24, 2.45) is 0 Å². The summed E-state index contributed by atoms with van der Waals surface area (Å²) in [6.45, 7) is 1.85. The van der Waals surface area contributed by atoms with E-state index in [1.165, 1.54) is 4.57 Å². The Hall–Kier alpha value is -1.30. The Morgan fingerprint density at radius 2 is 2.00 bits per heavy atom. The van der Waals surface area contributed by atoms with Crippen LogP contribution in [0.2, 0.25) is 0 Å². The molecule has 1 aromatic heterocycles. The number of alkyl halides is 3. The van der Waals surface area contributed by atoms with E-state index in [1.54, 1.807) is 12.1 Å². The van der Waals surface area contributed by atoms with Gasteiger partial charge in [-0.05, 0) is 43.6 Å². The number of aryl methyl sites for hydroxylation is 1. The first kappa shape index (κ1) is 11.8. The summed E-state index contributed by atoms with van der Waals surface area (Å²) in [7, 11) is 0. The molecule has 1 aromatic carbocycles. The van der Waals surface area contributed by atoms with Crippen LogP contribution in [0.4, 0.5) is 13.2 Å². The number of hydrogen-bond donors (Lipinski definition) is 1. The molecule has 2 aromatic rings. The lowest BCUT2D eigenvalue weighted by atomic mass is 10.2. The first-order valence-corrected chi connectivity index (χ1v) is 6.05. The van der Waals surface area contributed by atoms with Crippen LogP contribution in [0, 0.1) is 11.7 Å². The van der Waals surface area contributed by atoms with E-state index in [9.17, 15) is 13.2 Å². The minimum Gasteiger partial charge on any atom is -0.330 e. The predicted octanol–water partition coefficient (Wildman–Crippen LogP) is 4.06. The first-order valence-electron chi connectivity index (χ1n) is 5.64. The average Bonchev–Trinajstić information content (AvgIpc) is 2.98. The Morgan fingerprint density at radius 3 is 2.56 bits per heavy atom. The van der Waals surface area contributed by atoms with Gasteiger partial charge in [0.2, 0.25) is 0 Å². The molecule has 1 aliphatic carbocycles. The fourth-order valence-corrected chi connectivity index (χ4v) is 2.83. The summed E-state index contributed by atoms with van der Waals surface area (Å²) < 4.78 is 40.9. The maximum absolute atomic E-state index is 13.2. The number of rotatable bonds is 1. The van der Waals surface area contributed by atoms with Crippen molar-refractivity contribution >= 4 is 23.3 Å². The summed E-state index contributed by atoms with van der Waals surface area (Å²) in [5.74, 6) is 0. The molecule has 0 bridgehead atoms. The maximum Gasteiger partial charge on any atom is 0.412 e. The van der Waals surface area contributed by atoms with Crippen LogP contribution in [-0.2, 0) is 5.54 Å². The second-order valence-corrected chi connectivity index (χ2v) is 5.15. The number of fused-ring (bicyclic) bond motifs is 1. The Morgan fingerprint density at radius 1 is 1.33 bits per heavy atom. The molecule has 3 rings (SSSR count). The zero-order valence-electron chi connectivity index (χ0n) is 9.64. The van der Waals surface area contributed by atoms with Gasteiger partial charge in [-0.3, -0.25) is 0 Å². The van der Waals surface area contributed by atoms with Gasteiger partial charge in [0, 0.05) is 0 Å². The molecule has 1 heterocycles. The fraction of sp³-hybridized carbons (Fsp3) is 0.417. The van der Waals surface area contributed by atoms with Crippen LogP contribution in [0.3, 0.4) is 0 Å². The fourth-order valence-electron chi connectivity index (χ4n) is 2.45. The van der Waals surface area contributed by atoms with E-state index in [0.29, 0.717) is 11.0 Å². The van der Waals surface area contributed by atoms with Gasteiger partial charge < -0.3 is 9.55 Å². The molecule has 6 heteroatoms. The van der Waals surface area contributed by atoms with Crippen LogP contribution in [0.15, 0.2) is 18.2 Å². The number of aromatic amines is 1. The van der Waals surface area contributed by atoms with Gasteiger partial charge in [-0.1, -0.05) is 12.1 Å². The van der Waals surface area contributed by atoms with Crippen LogP contribution in [0.5, 0.6) is 0 Å². The number of para-hydroxylation sites is 1. The highest BCUT2D eigenvalue weighted by Crippen LogP contribution is 2.56. The lowest BCUT2D eigenvalue weighted by Crippen LogP contribution is -2.34. The molecule has 0 amide bonds. The van der Waals surface area contributed by atoms with E-state index in [0.717, 1.165) is 5.56 Å². The van der Waals surface area contributed by atoms with Crippen molar-refractivity contribution in [3.05, 3.63) is 28.5 Å². The van der Waals surface area contributed by atoms with Crippen LogP contribution in [0.25, 0.3) is 11.0 Å². The Labute approximate surface area is 106 Å². The lowest BCUT2D eigenvalue weighted by Gasteiger charge is -2.21. The molecule has 1 aliphatic rings. The van der Waals surface area contributed by atoms with E-state index in [4.69, 9.17) is 12.2 Å². The van der Waals surface area contributed by atoms with Crippen LogP contribution in [-0.4, -0.2) is 15.7 Å². The molecule has 0 unspecified atom stereocenters. The Bertz CT molecular complexity index is 677. The van der Waals surface area contributed by atoms with Gasteiger partial charge in [-0.15, -0.1) is 0 Å². The molecule has 0 saturated heterocycles. The van der Waals surface area contributed by atoms with Crippen molar-refractivity contribution in [1.29, 1.82) is 0 Å². The third-order valence-electron chi connectivity index (χ3n) is 3.61. The summed E-state index contributed by atoms with van der Waals surface area (Å²) in [5.41, 5.74) is 0.332. The topological polar surface area (TPSA) is 20.7 Å². The van der Waals surface area contributed by atoms with Crippen LogP contribution >= 0.6 is 12.2 Å². The second-order valence-electron chi connectivity index (χ2n) is 4.76. The van der Waals surface area contributed by atoms with E-state index in [-0.39, 0.29) is 17.6 Å². The molecule has 1 N–H and O–H groups in total. The van der Waals surface area contributed by atoms with Crippen LogP contribution < -0.4 is 0 Å². The van der Waals surface area contributed by atoms with E-state index >= 15 is 0 Å². The normalized spacial score (nSPS) is 18.2. The number of imidazole rings is 1. The van der Waals surface area contributed by atoms with Gasteiger partial charge >= 0.3 is 6.18 Å². The number of hydrogen-bond acceptors (Lipinski definition) is 1. The molecule has 96 valence electrons. The second kappa shape index (κ2) is 3.38. The third-order valence-corrected chi connectivity index (χ3v) is 3.89. The molecule has 2 nitrogen and oxygen atoms in total. The number of benzene rings is 1. The molecular formula is C12H11F3N2S. The molecular weight excluding hydrogens is 261 g/mol. The van der Waals surface area contributed by atoms with Gasteiger partial charge in [0.05, 0.1) is 11.0 Å². The standard InChI is InChI=1S/C12H11F3N2S/c1-7-3-2-4-8-9(7)16-10(18)17(8)11(5-6-11)12(13,14)15/h2-4H,5-6H2,1H3,(H,16,18). The van der Waals surface area contributed by atoms with Gasteiger partial charge in [0.1, 0.15) is 5.54 Å². The smallest absolute Gasteiger partial charge is 0.330 e. The average molecular weight is 272 g/mol. The zero-order chi connectivity index (χ0) is 13.1. The zero-order valence-corrected chi connectivity index (χ0v) is 10.5. The molecule has 0 aliphatic heterocycles. The minimum absolute atomic E-state index is 0.103. The van der Waals surface area contributed by atoms with Crippen molar-refractivity contribution in [3.8, 4) is 0 Å². The van der Waals surface area contributed by atoms with Crippen molar-refractivity contribution in [3.63, 3.8) is 0 Å². The number of aromatic nitrogens is 2.